The van der Waals surface area contributed by atoms with Gasteiger partial charge in [0.1, 0.15) is 0 Å². The van der Waals surface area contributed by atoms with E-state index in [2.05, 4.69) is 10.2 Å². The van der Waals surface area contributed by atoms with Gasteiger partial charge in [-0.25, -0.2) is 4.79 Å². The second-order valence-corrected chi connectivity index (χ2v) is 2.80. The molecule has 0 saturated carbocycles. The van der Waals surface area contributed by atoms with E-state index in [9.17, 15) is 9.59 Å². The van der Waals surface area contributed by atoms with E-state index in [1.54, 1.807) is 0 Å². The lowest BCUT2D eigenvalue weighted by Crippen LogP contribution is -2.05. The minimum atomic E-state index is -1.05. The number of benzene rings is 1. The van der Waals surface area contributed by atoms with Crippen LogP contribution in [-0.4, -0.2) is 21.3 Å². The standard InChI is InChI=1S/C9H6N2O3/c12-8-4-10-11-7-2-1-5(9(13)14)3-6(7)8/h1-4H,(H,11,12)(H,13,14). The van der Waals surface area contributed by atoms with Gasteiger partial charge in [-0.15, -0.1) is 0 Å². The molecule has 70 valence electrons. The van der Waals surface area contributed by atoms with E-state index in [1.807, 2.05) is 0 Å². The first-order valence-corrected chi connectivity index (χ1v) is 3.89. The second-order valence-electron chi connectivity index (χ2n) is 2.80. The van der Waals surface area contributed by atoms with Gasteiger partial charge in [0.15, 0.2) is 0 Å². The van der Waals surface area contributed by atoms with Gasteiger partial charge < -0.3 is 5.11 Å². The minimum Gasteiger partial charge on any atom is -0.478 e. The molecule has 0 amide bonds. The summed E-state index contributed by atoms with van der Waals surface area (Å²) >= 11 is 0. The Labute approximate surface area is 78.0 Å². The molecule has 14 heavy (non-hydrogen) atoms. The summed E-state index contributed by atoms with van der Waals surface area (Å²) in [5.41, 5.74) is 0.332. The molecule has 2 rings (SSSR count). The highest BCUT2D eigenvalue weighted by molar-refractivity contribution is 5.92. The zero-order valence-corrected chi connectivity index (χ0v) is 7.02. The molecule has 0 fully saturated rings. The quantitative estimate of drug-likeness (QED) is 0.690. The van der Waals surface area contributed by atoms with Crippen molar-refractivity contribution in [2.45, 2.75) is 0 Å². The van der Waals surface area contributed by atoms with Crippen molar-refractivity contribution in [3.8, 4) is 0 Å². The second kappa shape index (κ2) is 2.95. The maximum Gasteiger partial charge on any atom is 0.335 e. The van der Waals surface area contributed by atoms with Crippen LogP contribution in [0.15, 0.2) is 29.2 Å². The van der Waals surface area contributed by atoms with E-state index in [-0.39, 0.29) is 11.0 Å². The number of aromatic carboxylic acids is 1. The average Bonchev–Trinajstić information content (AvgIpc) is 2.18. The average molecular weight is 190 g/mol. The summed E-state index contributed by atoms with van der Waals surface area (Å²) in [5, 5.41) is 15.3. The van der Waals surface area contributed by atoms with E-state index in [0.717, 1.165) is 6.20 Å². The number of H-pyrrole nitrogens is 1. The number of hydrogen-bond donors (Lipinski definition) is 2. The smallest absolute Gasteiger partial charge is 0.335 e. The van der Waals surface area contributed by atoms with E-state index >= 15 is 0 Å². The number of aromatic nitrogens is 2. The van der Waals surface area contributed by atoms with Crippen LogP contribution in [0.5, 0.6) is 0 Å². The molecular weight excluding hydrogens is 184 g/mol. The fourth-order valence-corrected chi connectivity index (χ4v) is 1.21. The first-order valence-electron chi connectivity index (χ1n) is 3.89. The number of nitrogens with zero attached hydrogens (tertiary/aromatic N) is 1. The number of carbonyl (C=O) groups is 1. The van der Waals surface area contributed by atoms with E-state index in [1.165, 1.54) is 18.2 Å². The van der Waals surface area contributed by atoms with Gasteiger partial charge in [-0.05, 0) is 18.2 Å². The molecule has 2 N–H and O–H groups in total. The lowest BCUT2D eigenvalue weighted by atomic mass is 10.1. The lowest BCUT2D eigenvalue weighted by molar-refractivity contribution is 0.0697. The molecule has 0 unspecified atom stereocenters. The molecule has 0 atom stereocenters. The Balaban J connectivity index is 2.83. The normalized spacial score (nSPS) is 10.3. The van der Waals surface area contributed by atoms with Gasteiger partial charge in [0, 0.05) is 5.39 Å². The van der Waals surface area contributed by atoms with Crippen LogP contribution in [0.25, 0.3) is 10.9 Å². The van der Waals surface area contributed by atoms with Crippen molar-refractivity contribution in [1.29, 1.82) is 0 Å². The highest BCUT2D eigenvalue weighted by Crippen LogP contribution is 2.08. The van der Waals surface area contributed by atoms with Crippen LogP contribution in [0.2, 0.25) is 0 Å². The summed E-state index contributed by atoms with van der Waals surface area (Å²) in [6.07, 6.45) is 1.12. The highest BCUT2D eigenvalue weighted by atomic mass is 16.4. The molecule has 0 bridgehead atoms. The molecule has 0 spiro atoms. The predicted molar refractivity (Wildman–Crippen MR) is 49.3 cm³/mol. The van der Waals surface area contributed by atoms with Crippen LogP contribution in [-0.2, 0) is 0 Å². The van der Waals surface area contributed by atoms with Crippen molar-refractivity contribution in [2.75, 3.05) is 0 Å². The molecular formula is C9H6N2O3. The molecule has 0 aliphatic heterocycles. The number of fused-ring (bicyclic) bond motifs is 1. The van der Waals surface area contributed by atoms with Crippen LogP contribution >= 0.6 is 0 Å². The molecule has 1 aromatic carbocycles. The molecule has 0 radical (unpaired) electrons. The van der Waals surface area contributed by atoms with Gasteiger partial charge in [-0.1, -0.05) is 0 Å². The fraction of sp³-hybridized carbons (Fsp3) is 0. The summed E-state index contributed by atoms with van der Waals surface area (Å²) in [7, 11) is 0. The van der Waals surface area contributed by atoms with E-state index in [4.69, 9.17) is 5.11 Å². The van der Waals surface area contributed by atoms with Crippen molar-refractivity contribution < 1.29 is 9.90 Å². The Bertz CT molecular complexity index is 559. The monoisotopic (exact) mass is 190 g/mol. The van der Waals surface area contributed by atoms with Gasteiger partial charge in [0.05, 0.1) is 17.3 Å². The molecule has 2 aromatic rings. The third-order valence-electron chi connectivity index (χ3n) is 1.90. The van der Waals surface area contributed by atoms with Gasteiger partial charge in [-0.2, -0.15) is 5.10 Å². The Morgan fingerprint density at radius 2 is 2.21 bits per heavy atom. The summed E-state index contributed by atoms with van der Waals surface area (Å²) in [6.45, 7) is 0. The maximum absolute atomic E-state index is 11.3. The highest BCUT2D eigenvalue weighted by Gasteiger charge is 2.05. The SMILES string of the molecule is O=C(O)c1ccc2[nH]ncc(=O)c2c1. The zero-order chi connectivity index (χ0) is 10.1. The molecule has 0 aliphatic rings. The van der Waals surface area contributed by atoms with Crippen LogP contribution in [0.1, 0.15) is 10.4 Å². The van der Waals surface area contributed by atoms with Crippen LogP contribution in [0.3, 0.4) is 0 Å². The van der Waals surface area contributed by atoms with Crippen LogP contribution < -0.4 is 5.43 Å². The lowest BCUT2D eigenvalue weighted by Gasteiger charge is -1.97. The Morgan fingerprint density at radius 3 is 2.93 bits per heavy atom. The van der Waals surface area contributed by atoms with Gasteiger partial charge in [0.25, 0.3) is 0 Å². The number of rotatable bonds is 1. The number of hydrogen-bond acceptors (Lipinski definition) is 3. The zero-order valence-electron chi connectivity index (χ0n) is 7.02. The topological polar surface area (TPSA) is 83.0 Å². The van der Waals surface area contributed by atoms with Gasteiger partial charge in [0.2, 0.25) is 5.43 Å². The molecule has 5 nitrogen and oxygen atoms in total. The Kier molecular flexibility index (Phi) is 1.78. The van der Waals surface area contributed by atoms with Crippen molar-refractivity contribution in [1.82, 2.24) is 10.2 Å². The van der Waals surface area contributed by atoms with Crippen molar-refractivity contribution >= 4 is 16.9 Å². The van der Waals surface area contributed by atoms with Crippen LogP contribution in [0.4, 0.5) is 0 Å². The third-order valence-corrected chi connectivity index (χ3v) is 1.90. The molecule has 0 saturated heterocycles. The van der Waals surface area contributed by atoms with Crippen molar-refractivity contribution in [3.63, 3.8) is 0 Å². The third kappa shape index (κ3) is 1.24. The van der Waals surface area contributed by atoms with Crippen molar-refractivity contribution in [2.24, 2.45) is 0 Å². The first kappa shape index (κ1) is 8.43. The minimum absolute atomic E-state index is 0.0919. The van der Waals surface area contributed by atoms with Crippen LogP contribution in [0, 0.1) is 0 Å². The van der Waals surface area contributed by atoms with E-state index < -0.39 is 5.97 Å². The molecule has 5 heteroatoms. The molecule has 0 aliphatic carbocycles. The van der Waals surface area contributed by atoms with Gasteiger partial charge >= 0.3 is 5.97 Å². The number of carboxylic acid groups (broad SMARTS) is 1. The largest absolute Gasteiger partial charge is 0.478 e. The Morgan fingerprint density at radius 1 is 1.43 bits per heavy atom. The molecule has 1 aromatic heterocycles. The van der Waals surface area contributed by atoms with E-state index in [0.29, 0.717) is 10.9 Å². The summed E-state index contributed by atoms with van der Waals surface area (Å²) in [5.74, 6) is -1.05. The fourth-order valence-electron chi connectivity index (χ4n) is 1.21. The Hall–Kier alpha value is -2.17. The number of nitrogens with one attached hydrogen (secondary N) is 1. The maximum atomic E-state index is 11.3. The number of carboxylic acids is 1. The van der Waals surface area contributed by atoms with Crippen molar-refractivity contribution in [3.05, 3.63) is 40.2 Å². The number of aromatic amines is 1. The summed E-state index contributed by atoms with van der Waals surface area (Å²) in [4.78, 5) is 21.9. The molecule has 1 heterocycles. The van der Waals surface area contributed by atoms with Gasteiger partial charge in [-0.3, -0.25) is 9.89 Å². The predicted octanol–water partition coefficient (Wildman–Crippen LogP) is 0.621. The summed E-state index contributed by atoms with van der Waals surface area (Å²) in [6, 6.07) is 4.27. The summed E-state index contributed by atoms with van der Waals surface area (Å²) < 4.78 is 0. The first-order chi connectivity index (χ1) is 6.68.